The number of aryl methyl sites for hydroxylation is 1. The molecule has 0 aliphatic heterocycles. The van der Waals surface area contributed by atoms with Gasteiger partial charge in [0.05, 0.1) is 22.4 Å². The molecule has 23 heavy (non-hydrogen) atoms. The maximum Gasteiger partial charge on any atom is 0.416 e. The third-order valence-corrected chi connectivity index (χ3v) is 2.97. The number of hydrogen-bond acceptors (Lipinski definition) is 4. The van der Waals surface area contributed by atoms with Crippen LogP contribution in [0.1, 0.15) is 21.6 Å². The van der Waals surface area contributed by atoms with Crippen LogP contribution in [0.15, 0.2) is 36.5 Å². The van der Waals surface area contributed by atoms with E-state index in [-0.39, 0.29) is 22.6 Å². The Morgan fingerprint density at radius 2 is 2.00 bits per heavy atom. The number of pyridine rings is 1. The number of carbonyl (C=O) groups is 1. The van der Waals surface area contributed by atoms with E-state index in [0.717, 1.165) is 18.2 Å². The molecule has 0 saturated carbocycles. The summed E-state index contributed by atoms with van der Waals surface area (Å²) in [4.78, 5) is 25.9. The highest BCUT2D eigenvalue weighted by Gasteiger charge is 2.30. The summed E-state index contributed by atoms with van der Waals surface area (Å²) in [7, 11) is 0. The molecule has 0 atom stereocenters. The second-order valence-electron chi connectivity index (χ2n) is 4.62. The van der Waals surface area contributed by atoms with E-state index in [9.17, 15) is 28.1 Å². The SMILES string of the molecule is Cc1ncc(NC(=O)c2cccc(C(F)(F)F)c2)cc1[N+](=O)[O-]. The maximum absolute atomic E-state index is 12.6. The van der Waals surface area contributed by atoms with Gasteiger partial charge in [0.15, 0.2) is 0 Å². The van der Waals surface area contributed by atoms with Crippen molar-refractivity contribution in [2.45, 2.75) is 13.1 Å². The summed E-state index contributed by atoms with van der Waals surface area (Å²) in [6.07, 6.45) is -3.38. The number of halogens is 3. The van der Waals surface area contributed by atoms with Crippen molar-refractivity contribution in [2.24, 2.45) is 0 Å². The molecule has 6 nitrogen and oxygen atoms in total. The van der Waals surface area contributed by atoms with Crippen LogP contribution in [-0.4, -0.2) is 15.8 Å². The van der Waals surface area contributed by atoms with Crippen molar-refractivity contribution < 1.29 is 22.9 Å². The lowest BCUT2D eigenvalue weighted by molar-refractivity contribution is -0.385. The summed E-state index contributed by atoms with van der Waals surface area (Å²) >= 11 is 0. The van der Waals surface area contributed by atoms with Gasteiger partial charge in [-0.25, -0.2) is 0 Å². The average Bonchev–Trinajstić information content (AvgIpc) is 2.48. The molecule has 1 amide bonds. The van der Waals surface area contributed by atoms with Crippen LogP contribution in [0.2, 0.25) is 0 Å². The molecule has 0 fully saturated rings. The number of nitro groups is 1. The fourth-order valence-electron chi connectivity index (χ4n) is 1.81. The van der Waals surface area contributed by atoms with Crippen molar-refractivity contribution in [3.63, 3.8) is 0 Å². The molecule has 2 rings (SSSR count). The lowest BCUT2D eigenvalue weighted by atomic mass is 10.1. The molecule has 0 saturated heterocycles. The Labute approximate surface area is 128 Å². The van der Waals surface area contributed by atoms with Crippen LogP contribution >= 0.6 is 0 Å². The normalized spacial score (nSPS) is 11.1. The van der Waals surface area contributed by atoms with Gasteiger partial charge in [0.1, 0.15) is 5.69 Å². The Hall–Kier alpha value is -2.97. The van der Waals surface area contributed by atoms with Crippen molar-refractivity contribution in [2.75, 3.05) is 5.32 Å². The van der Waals surface area contributed by atoms with Gasteiger partial charge in [-0.2, -0.15) is 13.2 Å². The van der Waals surface area contributed by atoms with E-state index in [4.69, 9.17) is 0 Å². The summed E-state index contributed by atoms with van der Waals surface area (Å²) < 4.78 is 37.9. The first kappa shape index (κ1) is 16.4. The molecule has 0 unspecified atom stereocenters. The second kappa shape index (κ2) is 6.03. The molecule has 120 valence electrons. The number of amides is 1. The van der Waals surface area contributed by atoms with E-state index >= 15 is 0 Å². The zero-order valence-electron chi connectivity index (χ0n) is 11.7. The van der Waals surface area contributed by atoms with Gasteiger partial charge in [0.25, 0.3) is 11.6 Å². The van der Waals surface area contributed by atoms with E-state index in [1.54, 1.807) is 0 Å². The minimum atomic E-state index is -4.57. The number of nitrogens with zero attached hydrogens (tertiary/aromatic N) is 2. The highest BCUT2D eigenvalue weighted by Crippen LogP contribution is 2.29. The lowest BCUT2D eigenvalue weighted by Gasteiger charge is -2.09. The van der Waals surface area contributed by atoms with Gasteiger partial charge in [-0.05, 0) is 25.1 Å². The molecule has 1 N–H and O–H groups in total. The summed E-state index contributed by atoms with van der Waals surface area (Å²) in [5, 5.41) is 13.1. The van der Waals surface area contributed by atoms with Crippen LogP contribution < -0.4 is 5.32 Å². The summed E-state index contributed by atoms with van der Waals surface area (Å²) in [6, 6.07) is 4.95. The topological polar surface area (TPSA) is 85.1 Å². The van der Waals surface area contributed by atoms with Crippen molar-refractivity contribution in [3.05, 3.63) is 63.5 Å². The summed E-state index contributed by atoms with van der Waals surface area (Å²) in [6.45, 7) is 1.43. The molecular weight excluding hydrogens is 315 g/mol. The van der Waals surface area contributed by atoms with E-state index < -0.39 is 22.6 Å². The van der Waals surface area contributed by atoms with Gasteiger partial charge in [-0.3, -0.25) is 19.9 Å². The highest BCUT2D eigenvalue weighted by atomic mass is 19.4. The lowest BCUT2D eigenvalue weighted by Crippen LogP contribution is -2.14. The third-order valence-electron chi connectivity index (χ3n) is 2.97. The largest absolute Gasteiger partial charge is 0.416 e. The van der Waals surface area contributed by atoms with Crippen LogP contribution in [0.4, 0.5) is 24.5 Å². The van der Waals surface area contributed by atoms with Crippen molar-refractivity contribution in [1.82, 2.24) is 4.98 Å². The van der Waals surface area contributed by atoms with Crippen LogP contribution in [0.3, 0.4) is 0 Å². The van der Waals surface area contributed by atoms with Gasteiger partial charge in [-0.1, -0.05) is 6.07 Å². The van der Waals surface area contributed by atoms with Crippen molar-refractivity contribution in [3.8, 4) is 0 Å². The number of hydrogen-bond donors (Lipinski definition) is 1. The molecule has 1 aromatic heterocycles. The molecule has 0 bridgehead atoms. The first-order valence-corrected chi connectivity index (χ1v) is 6.28. The van der Waals surface area contributed by atoms with Crippen molar-refractivity contribution >= 4 is 17.3 Å². The standard InChI is InChI=1S/C14H10F3N3O3/c1-8-12(20(22)23)6-11(7-18-8)19-13(21)9-3-2-4-10(5-9)14(15,16)17/h2-7H,1H3,(H,19,21). The number of carbonyl (C=O) groups excluding carboxylic acids is 1. The van der Waals surface area contributed by atoms with Crippen LogP contribution in [-0.2, 0) is 6.18 Å². The minimum absolute atomic E-state index is 0.0183. The number of alkyl halides is 3. The van der Waals surface area contributed by atoms with Gasteiger partial charge in [-0.15, -0.1) is 0 Å². The molecule has 0 spiro atoms. The van der Waals surface area contributed by atoms with Gasteiger partial charge < -0.3 is 5.32 Å². The minimum Gasteiger partial charge on any atom is -0.320 e. The zero-order valence-corrected chi connectivity index (χ0v) is 11.7. The molecule has 2 aromatic rings. The second-order valence-corrected chi connectivity index (χ2v) is 4.62. The van der Waals surface area contributed by atoms with E-state index in [1.165, 1.54) is 19.2 Å². The van der Waals surface area contributed by atoms with Gasteiger partial charge in [0.2, 0.25) is 0 Å². The molecule has 0 aliphatic rings. The van der Waals surface area contributed by atoms with Crippen molar-refractivity contribution in [1.29, 1.82) is 0 Å². The van der Waals surface area contributed by atoms with Gasteiger partial charge >= 0.3 is 6.18 Å². The summed E-state index contributed by atoms with van der Waals surface area (Å²) in [5.74, 6) is -0.823. The Morgan fingerprint density at radius 1 is 1.30 bits per heavy atom. The van der Waals surface area contributed by atoms with E-state index in [2.05, 4.69) is 10.3 Å². The molecule has 1 heterocycles. The Balaban J connectivity index is 2.26. The number of aromatic nitrogens is 1. The number of benzene rings is 1. The monoisotopic (exact) mass is 325 g/mol. The fourth-order valence-corrected chi connectivity index (χ4v) is 1.81. The molecular formula is C14H10F3N3O3. The predicted octanol–water partition coefficient (Wildman–Crippen LogP) is 3.57. The predicted molar refractivity (Wildman–Crippen MR) is 75.0 cm³/mol. The van der Waals surface area contributed by atoms with E-state index in [1.807, 2.05) is 0 Å². The first-order chi connectivity index (χ1) is 10.7. The Kier molecular flexibility index (Phi) is 4.30. The smallest absolute Gasteiger partial charge is 0.320 e. The van der Waals surface area contributed by atoms with Crippen LogP contribution in [0.5, 0.6) is 0 Å². The number of nitrogens with one attached hydrogen (secondary N) is 1. The first-order valence-electron chi connectivity index (χ1n) is 6.28. The third kappa shape index (κ3) is 3.82. The number of rotatable bonds is 3. The fraction of sp³-hybridized carbons (Fsp3) is 0.143. The highest BCUT2D eigenvalue weighted by molar-refractivity contribution is 6.04. The molecule has 1 aromatic carbocycles. The quantitative estimate of drug-likeness (QED) is 0.690. The van der Waals surface area contributed by atoms with Crippen LogP contribution in [0.25, 0.3) is 0 Å². The number of anilines is 1. The van der Waals surface area contributed by atoms with Gasteiger partial charge in [0, 0.05) is 11.6 Å². The van der Waals surface area contributed by atoms with Crippen LogP contribution in [0, 0.1) is 17.0 Å². The Bertz CT molecular complexity index is 775. The molecule has 0 radical (unpaired) electrons. The average molecular weight is 325 g/mol. The summed E-state index contributed by atoms with van der Waals surface area (Å²) in [5.41, 5.74) is -1.30. The zero-order chi connectivity index (χ0) is 17.2. The Morgan fingerprint density at radius 3 is 2.61 bits per heavy atom. The molecule has 9 heteroatoms. The molecule has 0 aliphatic carbocycles. The van der Waals surface area contributed by atoms with E-state index in [0.29, 0.717) is 6.07 Å². The maximum atomic E-state index is 12.6.